The lowest BCUT2D eigenvalue weighted by atomic mass is 10.0. The molecule has 1 aromatic heterocycles. The summed E-state index contributed by atoms with van der Waals surface area (Å²) in [4.78, 5) is 24.0. The van der Waals surface area contributed by atoms with E-state index in [1.165, 1.54) is 6.92 Å². The van der Waals surface area contributed by atoms with Crippen LogP contribution in [-0.2, 0) is 9.59 Å². The van der Waals surface area contributed by atoms with Gasteiger partial charge in [-0.3, -0.25) is 9.59 Å². The van der Waals surface area contributed by atoms with E-state index in [1.807, 2.05) is 56.4 Å². The monoisotopic (exact) mass is 377 g/mol. The van der Waals surface area contributed by atoms with E-state index in [0.717, 1.165) is 21.5 Å². The molecule has 6 nitrogen and oxygen atoms in total. The van der Waals surface area contributed by atoms with Gasteiger partial charge in [0.05, 0.1) is 0 Å². The number of amides is 1. The lowest BCUT2D eigenvalue weighted by Gasteiger charge is -2.22. The lowest BCUT2D eigenvalue weighted by Crippen LogP contribution is -2.42. The largest absolute Gasteiger partial charge is 0.480 e. The van der Waals surface area contributed by atoms with Crippen molar-refractivity contribution in [3.8, 4) is 6.07 Å². The maximum Gasteiger partial charge on any atom is 0.325 e. The number of aromatic nitrogens is 1. The zero-order valence-corrected chi connectivity index (χ0v) is 16.1. The number of hydrogen-bond acceptors (Lipinski definition) is 3. The van der Waals surface area contributed by atoms with Gasteiger partial charge >= 0.3 is 5.97 Å². The van der Waals surface area contributed by atoms with E-state index in [9.17, 15) is 14.9 Å². The van der Waals surface area contributed by atoms with E-state index < -0.39 is 24.0 Å². The van der Waals surface area contributed by atoms with Crippen molar-refractivity contribution in [3.05, 3.63) is 48.3 Å². The molecule has 2 aromatic carbocycles. The van der Waals surface area contributed by atoms with Crippen molar-refractivity contribution in [2.75, 3.05) is 0 Å². The van der Waals surface area contributed by atoms with Gasteiger partial charge in [-0.15, -0.1) is 0 Å². The van der Waals surface area contributed by atoms with Gasteiger partial charge in [0, 0.05) is 17.0 Å². The Labute approximate surface area is 163 Å². The Balaban J connectivity index is 2.13. The Morgan fingerprint density at radius 2 is 1.79 bits per heavy atom. The van der Waals surface area contributed by atoms with Gasteiger partial charge in [0.25, 0.3) is 0 Å². The predicted octanol–water partition coefficient (Wildman–Crippen LogP) is 3.84. The number of carbonyl (C=O) groups excluding carboxylic acids is 1. The molecule has 0 spiro atoms. The standard InChI is InChI=1S/C22H23N3O3/c1-13(2)8-19(21(26)24-14(3)22(27)28)25-12-17-9-15-6-4-5-7-16(15)10-18(17)20(25)11-23/h4-7,9-10,12-14,19H,8H2,1-3H3,(H,24,26)(H,27,28)/t14-,19-/m0/s1. The molecule has 3 aromatic rings. The second-order valence-corrected chi connectivity index (χ2v) is 7.50. The van der Waals surface area contributed by atoms with Crippen molar-refractivity contribution in [2.45, 2.75) is 39.3 Å². The molecule has 144 valence electrons. The molecule has 0 unspecified atom stereocenters. The first-order valence-corrected chi connectivity index (χ1v) is 9.28. The smallest absolute Gasteiger partial charge is 0.325 e. The fourth-order valence-electron chi connectivity index (χ4n) is 3.45. The van der Waals surface area contributed by atoms with Crippen LogP contribution in [0.1, 0.15) is 38.9 Å². The summed E-state index contributed by atoms with van der Waals surface area (Å²) in [5, 5.41) is 25.2. The van der Waals surface area contributed by atoms with Crippen LogP contribution in [0.3, 0.4) is 0 Å². The third-order valence-corrected chi connectivity index (χ3v) is 4.88. The molecule has 0 aliphatic heterocycles. The topological polar surface area (TPSA) is 95.1 Å². The van der Waals surface area contributed by atoms with Crippen LogP contribution in [0.25, 0.3) is 21.5 Å². The molecule has 0 saturated heterocycles. The van der Waals surface area contributed by atoms with Gasteiger partial charge in [-0.1, -0.05) is 38.1 Å². The zero-order chi connectivity index (χ0) is 20.4. The average molecular weight is 377 g/mol. The SMILES string of the molecule is CC(C)C[C@@H](C(=O)N[C@@H](C)C(=O)O)n1cc2cc3ccccc3cc2c1C#N. The van der Waals surface area contributed by atoms with Gasteiger partial charge < -0.3 is 15.0 Å². The van der Waals surface area contributed by atoms with Crippen LogP contribution in [0.15, 0.2) is 42.6 Å². The summed E-state index contributed by atoms with van der Waals surface area (Å²) in [6.07, 6.45) is 2.31. The molecule has 6 heteroatoms. The van der Waals surface area contributed by atoms with E-state index in [4.69, 9.17) is 5.11 Å². The van der Waals surface area contributed by atoms with Crippen molar-refractivity contribution in [3.63, 3.8) is 0 Å². The number of benzene rings is 2. The van der Waals surface area contributed by atoms with Crippen molar-refractivity contribution in [2.24, 2.45) is 5.92 Å². The van der Waals surface area contributed by atoms with Crippen molar-refractivity contribution < 1.29 is 14.7 Å². The van der Waals surface area contributed by atoms with Gasteiger partial charge in [-0.25, -0.2) is 0 Å². The van der Waals surface area contributed by atoms with E-state index >= 15 is 0 Å². The molecule has 28 heavy (non-hydrogen) atoms. The fourth-order valence-corrected chi connectivity index (χ4v) is 3.45. The molecule has 0 aliphatic carbocycles. The van der Waals surface area contributed by atoms with Crippen LogP contribution in [0.4, 0.5) is 0 Å². The number of rotatable bonds is 6. The summed E-state index contributed by atoms with van der Waals surface area (Å²) in [6.45, 7) is 5.41. The summed E-state index contributed by atoms with van der Waals surface area (Å²) in [5.74, 6) is -1.31. The highest BCUT2D eigenvalue weighted by molar-refractivity contribution is 6.01. The molecule has 0 bridgehead atoms. The van der Waals surface area contributed by atoms with E-state index in [0.29, 0.717) is 12.1 Å². The number of aliphatic carboxylic acids is 1. The number of carbonyl (C=O) groups is 2. The molecule has 1 amide bonds. The molecule has 1 heterocycles. The summed E-state index contributed by atoms with van der Waals surface area (Å²) < 4.78 is 1.69. The molecule has 0 aliphatic rings. The zero-order valence-electron chi connectivity index (χ0n) is 16.1. The molecular weight excluding hydrogens is 354 g/mol. The number of fused-ring (bicyclic) bond motifs is 2. The third kappa shape index (κ3) is 3.70. The number of carboxylic acids is 1. The number of carboxylic acid groups (broad SMARTS) is 1. The van der Waals surface area contributed by atoms with Crippen LogP contribution in [0.5, 0.6) is 0 Å². The van der Waals surface area contributed by atoms with E-state index in [2.05, 4.69) is 11.4 Å². The second kappa shape index (κ2) is 7.73. The Kier molecular flexibility index (Phi) is 5.36. The third-order valence-electron chi connectivity index (χ3n) is 4.88. The van der Waals surface area contributed by atoms with Gasteiger partial charge in [-0.2, -0.15) is 5.26 Å². The Morgan fingerprint density at radius 3 is 2.36 bits per heavy atom. The quantitative estimate of drug-likeness (QED) is 0.682. The minimum atomic E-state index is -1.10. The minimum Gasteiger partial charge on any atom is -0.480 e. The number of nitrogens with zero attached hydrogens (tertiary/aromatic N) is 2. The number of nitrogens with one attached hydrogen (secondary N) is 1. The number of nitriles is 1. The van der Waals surface area contributed by atoms with Crippen LogP contribution in [0.2, 0.25) is 0 Å². The normalized spacial score (nSPS) is 13.4. The van der Waals surface area contributed by atoms with Crippen molar-refractivity contribution >= 4 is 33.4 Å². The predicted molar refractivity (Wildman–Crippen MR) is 108 cm³/mol. The minimum absolute atomic E-state index is 0.187. The summed E-state index contributed by atoms with van der Waals surface area (Å²) in [5.41, 5.74) is 0.407. The molecule has 0 saturated carbocycles. The van der Waals surface area contributed by atoms with Gasteiger partial charge in [-0.05, 0) is 42.2 Å². The Bertz CT molecular complexity index is 1090. The first-order valence-electron chi connectivity index (χ1n) is 9.28. The first kappa shape index (κ1) is 19.4. The second-order valence-electron chi connectivity index (χ2n) is 7.50. The highest BCUT2D eigenvalue weighted by Crippen LogP contribution is 2.31. The molecule has 2 N–H and O–H groups in total. The highest BCUT2D eigenvalue weighted by atomic mass is 16.4. The van der Waals surface area contributed by atoms with Gasteiger partial charge in [0.2, 0.25) is 5.91 Å². The van der Waals surface area contributed by atoms with Crippen LogP contribution < -0.4 is 5.32 Å². The Hall–Kier alpha value is -3.33. The molecule has 3 rings (SSSR count). The molecular formula is C22H23N3O3. The molecule has 0 fully saturated rings. The fraction of sp³-hybridized carbons (Fsp3) is 0.318. The molecule has 2 atom stereocenters. The van der Waals surface area contributed by atoms with Crippen LogP contribution in [0, 0.1) is 17.2 Å². The first-order chi connectivity index (χ1) is 13.3. The summed E-state index contributed by atoms with van der Waals surface area (Å²) >= 11 is 0. The van der Waals surface area contributed by atoms with Crippen LogP contribution >= 0.6 is 0 Å². The summed E-state index contributed by atoms with van der Waals surface area (Å²) in [7, 11) is 0. The van der Waals surface area contributed by atoms with Crippen LogP contribution in [-0.4, -0.2) is 27.6 Å². The summed E-state index contributed by atoms with van der Waals surface area (Å²) in [6, 6.07) is 12.4. The molecule has 0 radical (unpaired) electrons. The van der Waals surface area contributed by atoms with Crippen molar-refractivity contribution in [1.82, 2.24) is 9.88 Å². The van der Waals surface area contributed by atoms with Gasteiger partial charge in [0.1, 0.15) is 23.8 Å². The van der Waals surface area contributed by atoms with Gasteiger partial charge in [0.15, 0.2) is 0 Å². The van der Waals surface area contributed by atoms with E-state index in [-0.39, 0.29) is 5.92 Å². The maximum atomic E-state index is 12.9. The lowest BCUT2D eigenvalue weighted by molar-refractivity contribution is -0.141. The van der Waals surface area contributed by atoms with Crippen molar-refractivity contribution in [1.29, 1.82) is 5.26 Å². The van der Waals surface area contributed by atoms with E-state index in [1.54, 1.807) is 4.57 Å². The maximum absolute atomic E-state index is 12.9. The highest BCUT2D eigenvalue weighted by Gasteiger charge is 2.27. The number of hydrogen-bond donors (Lipinski definition) is 2. The average Bonchev–Trinajstić information content (AvgIpc) is 3.00. The Morgan fingerprint density at radius 1 is 1.14 bits per heavy atom.